The maximum atomic E-state index is 10.8. The SMILES string of the molecule is CC(=O)CNc1ccc(CC(C)N)cc1N.O=CO. The Balaban J connectivity index is 0.000000982. The lowest BCUT2D eigenvalue weighted by Crippen LogP contribution is -2.18. The van der Waals surface area contributed by atoms with Crippen molar-refractivity contribution in [1.29, 1.82) is 0 Å². The van der Waals surface area contributed by atoms with Crippen LogP contribution in [0.4, 0.5) is 11.4 Å². The Bertz CT molecular complexity index is 420. The second kappa shape index (κ2) is 8.93. The van der Waals surface area contributed by atoms with Crippen LogP contribution in [0, 0.1) is 0 Å². The number of hydrogen-bond acceptors (Lipinski definition) is 5. The zero-order valence-corrected chi connectivity index (χ0v) is 11.2. The summed E-state index contributed by atoms with van der Waals surface area (Å²) in [5.41, 5.74) is 14.1. The molecule has 0 aliphatic rings. The van der Waals surface area contributed by atoms with Gasteiger partial charge in [0, 0.05) is 6.04 Å². The Kier molecular flexibility index (Phi) is 7.95. The second-order valence-corrected chi connectivity index (χ2v) is 4.26. The van der Waals surface area contributed by atoms with Crippen LogP contribution < -0.4 is 16.8 Å². The fraction of sp³-hybridized carbons (Fsp3) is 0.385. The third kappa shape index (κ3) is 7.77. The van der Waals surface area contributed by atoms with Crippen LogP contribution in [0.3, 0.4) is 0 Å². The van der Waals surface area contributed by atoms with Gasteiger partial charge in [0.15, 0.2) is 0 Å². The van der Waals surface area contributed by atoms with E-state index in [4.69, 9.17) is 21.4 Å². The highest BCUT2D eigenvalue weighted by molar-refractivity contribution is 5.81. The van der Waals surface area contributed by atoms with E-state index in [0.29, 0.717) is 12.2 Å². The zero-order chi connectivity index (χ0) is 14.8. The van der Waals surface area contributed by atoms with Gasteiger partial charge >= 0.3 is 0 Å². The fourth-order valence-corrected chi connectivity index (χ4v) is 1.49. The normalized spacial score (nSPS) is 10.9. The van der Waals surface area contributed by atoms with Gasteiger partial charge in [-0.2, -0.15) is 0 Å². The molecular formula is C13H21N3O3. The van der Waals surface area contributed by atoms with E-state index in [-0.39, 0.29) is 18.3 Å². The van der Waals surface area contributed by atoms with Crippen molar-refractivity contribution in [3.63, 3.8) is 0 Å². The van der Waals surface area contributed by atoms with Crippen molar-refractivity contribution in [3.8, 4) is 0 Å². The molecule has 1 aromatic carbocycles. The molecule has 19 heavy (non-hydrogen) atoms. The third-order valence-corrected chi connectivity index (χ3v) is 2.20. The molecule has 0 bridgehead atoms. The van der Waals surface area contributed by atoms with Gasteiger partial charge in [-0.05, 0) is 38.0 Å². The van der Waals surface area contributed by atoms with E-state index in [1.54, 1.807) is 0 Å². The number of carbonyl (C=O) groups excluding carboxylic acids is 1. The fourth-order valence-electron chi connectivity index (χ4n) is 1.49. The molecule has 6 heteroatoms. The first kappa shape index (κ1) is 16.9. The molecular weight excluding hydrogens is 246 g/mol. The molecule has 0 aliphatic carbocycles. The molecule has 106 valence electrons. The number of nitrogens with one attached hydrogen (secondary N) is 1. The molecule has 1 aromatic rings. The molecule has 0 radical (unpaired) electrons. The monoisotopic (exact) mass is 267 g/mol. The lowest BCUT2D eigenvalue weighted by Gasteiger charge is -2.11. The van der Waals surface area contributed by atoms with Crippen molar-refractivity contribution < 1.29 is 14.7 Å². The van der Waals surface area contributed by atoms with Crippen LogP contribution >= 0.6 is 0 Å². The number of nitrogens with two attached hydrogens (primary N) is 2. The molecule has 6 nitrogen and oxygen atoms in total. The highest BCUT2D eigenvalue weighted by Gasteiger charge is 2.03. The van der Waals surface area contributed by atoms with Crippen LogP contribution in [0.5, 0.6) is 0 Å². The maximum absolute atomic E-state index is 10.8. The molecule has 0 aromatic heterocycles. The average molecular weight is 267 g/mol. The molecule has 0 spiro atoms. The van der Waals surface area contributed by atoms with Crippen LogP contribution in [-0.2, 0) is 16.0 Å². The number of ketones is 1. The first-order chi connectivity index (χ1) is 8.90. The van der Waals surface area contributed by atoms with Crippen molar-refractivity contribution >= 4 is 23.6 Å². The summed E-state index contributed by atoms with van der Waals surface area (Å²) in [5.74, 6) is 0.0825. The number of carboxylic acid groups (broad SMARTS) is 1. The van der Waals surface area contributed by atoms with Crippen LogP contribution in [0.2, 0.25) is 0 Å². The van der Waals surface area contributed by atoms with Gasteiger partial charge in [0.05, 0.1) is 17.9 Å². The summed E-state index contributed by atoms with van der Waals surface area (Å²) >= 11 is 0. The van der Waals surface area contributed by atoms with Crippen molar-refractivity contribution in [2.45, 2.75) is 26.3 Å². The summed E-state index contributed by atoms with van der Waals surface area (Å²) in [6, 6.07) is 5.87. The van der Waals surface area contributed by atoms with Gasteiger partial charge in [-0.25, -0.2) is 0 Å². The number of nitrogen functional groups attached to an aromatic ring is 1. The summed E-state index contributed by atoms with van der Waals surface area (Å²) < 4.78 is 0. The minimum Gasteiger partial charge on any atom is -0.483 e. The average Bonchev–Trinajstić information content (AvgIpc) is 2.27. The predicted molar refractivity (Wildman–Crippen MR) is 76.1 cm³/mol. The first-order valence-electron chi connectivity index (χ1n) is 5.85. The second-order valence-electron chi connectivity index (χ2n) is 4.26. The van der Waals surface area contributed by atoms with E-state index in [9.17, 15) is 4.79 Å². The standard InChI is InChI=1S/C12H19N3O.CH2O2/c1-8(13)5-10-3-4-12(11(14)6-10)15-7-9(2)16;2-1-3/h3-4,6,8,15H,5,7,13-14H2,1-2H3;1H,(H,2,3). The number of hydrogen-bond donors (Lipinski definition) is 4. The minimum absolute atomic E-state index is 0.0825. The van der Waals surface area contributed by atoms with Gasteiger partial charge in [-0.1, -0.05) is 6.07 Å². The highest BCUT2D eigenvalue weighted by Crippen LogP contribution is 2.20. The minimum atomic E-state index is -0.250. The van der Waals surface area contributed by atoms with Crippen LogP contribution in [0.1, 0.15) is 19.4 Å². The Hall–Kier alpha value is -2.08. The summed E-state index contributed by atoms with van der Waals surface area (Å²) in [5, 5.41) is 9.88. The number of Topliss-reactive ketones (excluding diaryl/α,β-unsaturated/α-hetero) is 1. The van der Waals surface area contributed by atoms with Crippen LogP contribution in [-0.4, -0.2) is 29.9 Å². The molecule has 1 unspecified atom stereocenters. The molecule has 0 saturated heterocycles. The van der Waals surface area contributed by atoms with E-state index in [1.165, 1.54) is 6.92 Å². The lowest BCUT2D eigenvalue weighted by atomic mass is 10.1. The lowest BCUT2D eigenvalue weighted by molar-refractivity contribution is -0.123. The Labute approximate surface area is 112 Å². The van der Waals surface area contributed by atoms with Crippen molar-refractivity contribution in [3.05, 3.63) is 23.8 Å². The molecule has 6 N–H and O–H groups in total. The van der Waals surface area contributed by atoms with Gasteiger partial charge in [0.2, 0.25) is 0 Å². The van der Waals surface area contributed by atoms with Gasteiger partial charge in [-0.3, -0.25) is 9.59 Å². The Morgan fingerprint density at radius 2 is 2.11 bits per heavy atom. The summed E-state index contributed by atoms with van der Waals surface area (Å²) in [6.07, 6.45) is 0.803. The zero-order valence-electron chi connectivity index (χ0n) is 11.2. The van der Waals surface area contributed by atoms with Crippen LogP contribution in [0.25, 0.3) is 0 Å². The topological polar surface area (TPSA) is 118 Å². The van der Waals surface area contributed by atoms with Gasteiger partial charge in [0.1, 0.15) is 5.78 Å². The maximum Gasteiger partial charge on any atom is 0.290 e. The number of rotatable bonds is 5. The molecule has 0 saturated carbocycles. The number of anilines is 2. The number of benzene rings is 1. The van der Waals surface area contributed by atoms with Gasteiger partial charge < -0.3 is 21.9 Å². The van der Waals surface area contributed by atoms with E-state index < -0.39 is 0 Å². The molecule has 0 amide bonds. The summed E-state index contributed by atoms with van der Waals surface area (Å²) in [4.78, 5) is 19.2. The van der Waals surface area contributed by atoms with Crippen molar-refractivity contribution in [2.24, 2.45) is 5.73 Å². The summed E-state index contributed by atoms with van der Waals surface area (Å²) in [7, 11) is 0. The van der Waals surface area contributed by atoms with Crippen molar-refractivity contribution in [2.75, 3.05) is 17.6 Å². The van der Waals surface area contributed by atoms with Crippen LogP contribution in [0.15, 0.2) is 18.2 Å². The highest BCUT2D eigenvalue weighted by atomic mass is 16.3. The predicted octanol–water partition coefficient (Wildman–Crippen LogP) is 0.860. The largest absolute Gasteiger partial charge is 0.483 e. The first-order valence-corrected chi connectivity index (χ1v) is 5.85. The van der Waals surface area contributed by atoms with E-state index in [2.05, 4.69) is 5.32 Å². The van der Waals surface area contributed by atoms with E-state index in [1.807, 2.05) is 25.1 Å². The van der Waals surface area contributed by atoms with Gasteiger partial charge in [-0.15, -0.1) is 0 Å². The number of carbonyl (C=O) groups is 2. The molecule has 0 aliphatic heterocycles. The Morgan fingerprint density at radius 3 is 2.53 bits per heavy atom. The Morgan fingerprint density at radius 1 is 1.53 bits per heavy atom. The van der Waals surface area contributed by atoms with E-state index in [0.717, 1.165) is 17.7 Å². The quantitative estimate of drug-likeness (QED) is 0.464. The molecule has 1 rings (SSSR count). The van der Waals surface area contributed by atoms with Gasteiger partial charge in [0.25, 0.3) is 6.47 Å². The molecule has 1 atom stereocenters. The smallest absolute Gasteiger partial charge is 0.290 e. The molecule has 0 heterocycles. The summed E-state index contributed by atoms with van der Waals surface area (Å²) in [6.45, 7) is 3.54. The third-order valence-electron chi connectivity index (χ3n) is 2.20. The van der Waals surface area contributed by atoms with Crippen molar-refractivity contribution in [1.82, 2.24) is 0 Å². The van der Waals surface area contributed by atoms with E-state index >= 15 is 0 Å². The molecule has 0 fully saturated rings.